The Morgan fingerprint density at radius 1 is 1.39 bits per heavy atom. The maximum atomic E-state index is 11.9. The Morgan fingerprint density at radius 2 is 2.06 bits per heavy atom. The Kier molecular flexibility index (Phi) is 4.77. The summed E-state index contributed by atoms with van der Waals surface area (Å²) >= 11 is 5.60. The molecule has 1 rings (SSSR count). The number of nitro benzene ring substituents is 1. The maximum Gasteiger partial charge on any atom is 0.389 e. The zero-order chi connectivity index (χ0) is 13.8. The quantitative estimate of drug-likeness (QED) is 0.504. The van der Waals surface area contributed by atoms with Crippen LogP contribution in [0.2, 0.25) is 5.02 Å². The van der Waals surface area contributed by atoms with Gasteiger partial charge in [-0.05, 0) is 18.6 Å². The van der Waals surface area contributed by atoms with E-state index in [9.17, 15) is 23.3 Å². The second-order valence-corrected chi connectivity index (χ2v) is 4.00. The van der Waals surface area contributed by atoms with Crippen molar-refractivity contribution >= 4 is 23.0 Å². The van der Waals surface area contributed by atoms with Crippen LogP contribution in [-0.2, 0) is 0 Å². The third kappa shape index (κ3) is 4.79. The Labute approximate surface area is 106 Å². The van der Waals surface area contributed by atoms with Gasteiger partial charge in [-0.3, -0.25) is 10.1 Å². The molecule has 1 aromatic rings. The first kappa shape index (κ1) is 14.6. The van der Waals surface area contributed by atoms with Gasteiger partial charge in [0.05, 0.1) is 4.92 Å². The van der Waals surface area contributed by atoms with Crippen molar-refractivity contribution in [1.82, 2.24) is 0 Å². The van der Waals surface area contributed by atoms with Crippen LogP contribution in [0.15, 0.2) is 18.2 Å². The van der Waals surface area contributed by atoms with E-state index < -0.39 is 17.5 Å². The molecule has 0 heterocycles. The van der Waals surface area contributed by atoms with E-state index >= 15 is 0 Å². The minimum atomic E-state index is -4.21. The third-order valence-corrected chi connectivity index (χ3v) is 2.34. The highest BCUT2D eigenvalue weighted by atomic mass is 35.5. The van der Waals surface area contributed by atoms with Crippen molar-refractivity contribution in [3.05, 3.63) is 33.3 Å². The molecule has 0 bridgehead atoms. The molecule has 0 radical (unpaired) electrons. The first-order chi connectivity index (χ1) is 8.29. The van der Waals surface area contributed by atoms with E-state index in [1.165, 1.54) is 12.1 Å². The molecule has 0 aromatic heterocycles. The molecule has 0 unspecified atom stereocenters. The topological polar surface area (TPSA) is 55.2 Å². The molecular weight excluding hydrogens is 273 g/mol. The molecule has 8 heteroatoms. The molecule has 1 aromatic carbocycles. The van der Waals surface area contributed by atoms with Crippen LogP contribution in [0.3, 0.4) is 0 Å². The van der Waals surface area contributed by atoms with Gasteiger partial charge in [-0.25, -0.2) is 0 Å². The van der Waals surface area contributed by atoms with Gasteiger partial charge in [-0.15, -0.1) is 0 Å². The normalized spacial score (nSPS) is 11.3. The number of hydrogen-bond acceptors (Lipinski definition) is 3. The minimum Gasteiger partial charge on any atom is -0.379 e. The lowest BCUT2D eigenvalue weighted by molar-refractivity contribution is -0.383. The largest absolute Gasteiger partial charge is 0.389 e. The number of nitro groups is 1. The summed E-state index contributed by atoms with van der Waals surface area (Å²) in [7, 11) is 0. The number of halogens is 4. The summed E-state index contributed by atoms with van der Waals surface area (Å²) < 4.78 is 35.7. The van der Waals surface area contributed by atoms with Crippen LogP contribution >= 0.6 is 11.6 Å². The van der Waals surface area contributed by atoms with E-state index in [4.69, 9.17) is 11.6 Å². The fraction of sp³-hybridized carbons (Fsp3) is 0.400. The van der Waals surface area contributed by atoms with Crippen LogP contribution in [0, 0.1) is 10.1 Å². The van der Waals surface area contributed by atoms with Gasteiger partial charge in [0.2, 0.25) is 0 Å². The van der Waals surface area contributed by atoms with Gasteiger partial charge in [0.25, 0.3) is 5.69 Å². The molecule has 0 aliphatic carbocycles. The highest BCUT2D eigenvalue weighted by molar-refractivity contribution is 6.30. The van der Waals surface area contributed by atoms with Crippen molar-refractivity contribution < 1.29 is 18.1 Å². The number of rotatable bonds is 5. The SMILES string of the molecule is O=[N+]([O-])c1cc(Cl)ccc1NCCCC(F)(F)F. The van der Waals surface area contributed by atoms with Gasteiger partial charge in [0.1, 0.15) is 5.69 Å². The summed E-state index contributed by atoms with van der Waals surface area (Å²) in [5, 5.41) is 13.5. The molecule has 4 nitrogen and oxygen atoms in total. The van der Waals surface area contributed by atoms with Crippen LogP contribution < -0.4 is 5.32 Å². The zero-order valence-electron chi connectivity index (χ0n) is 9.13. The van der Waals surface area contributed by atoms with E-state index in [0.717, 1.165) is 6.07 Å². The number of alkyl halides is 3. The maximum absolute atomic E-state index is 11.9. The molecule has 1 N–H and O–H groups in total. The van der Waals surface area contributed by atoms with Gasteiger partial charge < -0.3 is 5.32 Å². The molecule has 0 atom stereocenters. The molecule has 100 valence electrons. The van der Waals surface area contributed by atoms with E-state index in [0.29, 0.717) is 0 Å². The molecule has 0 saturated heterocycles. The predicted octanol–water partition coefficient (Wildman–Crippen LogP) is 4.00. The highest BCUT2D eigenvalue weighted by Crippen LogP contribution is 2.28. The van der Waals surface area contributed by atoms with Gasteiger partial charge in [-0.2, -0.15) is 13.2 Å². The number of hydrogen-bond donors (Lipinski definition) is 1. The standard InChI is InChI=1S/C10H10ClF3N2O2/c11-7-2-3-8(9(6-7)16(17)18)15-5-1-4-10(12,13)14/h2-3,6,15H,1,4-5H2. The summed E-state index contributed by atoms with van der Waals surface area (Å²) in [5.74, 6) is 0. The summed E-state index contributed by atoms with van der Waals surface area (Å²) in [5.41, 5.74) is -0.0962. The molecule has 0 fully saturated rings. The van der Waals surface area contributed by atoms with Crippen molar-refractivity contribution in [3.63, 3.8) is 0 Å². The fourth-order valence-electron chi connectivity index (χ4n) is 1.32. The molecule has 0 amide bonds. The monoisotopic (exact) mass is 282 g/mol. The van der Waals surface area contributed by atoms with Crippen molar-refractivity contribution in [2.45, 2.75) is 19.0 Å². The van der Waals surface area contributed by atoms with Crippen LogP contribution in [0.25, 0.3) is 0 Å². The number of benzene rings is 1. The molecule has 0 spiro atoms. The number of anilines is 1. The molecular formula is C10H10ClF3N2O2. The molecule has 0 aliphatic heterocycles. The Hall–Kier alpha value is -1.50. The average molecular weight is 283 g/mol. The lowest BCUT2D eigenvalue weighted by Crippen LogP contribution is -2.11. The van der Waals surface area contributed by atoms with Crippen molar-refractivity contribution in [1.29, 1.82) is 0 Å². The molecule has 18 heavy (non-hydrogen) atoms. The fourth-order valence-corrected chi connectivity index (χ4v) is 1.48. The van der Waals surface area contributed by atoms with Crippen molar-refractivity contribution in [2.75, 3.05) is 11.9 Å². The second-order valence-electron chi connectivity index (χ2n) is 3.56. The minimum absolute atomic E-state index is 0.00197. The van der Waals surface area contributed by atoms with Gasteiger partial charge in [-0.1, -0.05) is 11.6 Å². The van der Waals surface area contributed by atoms with Gasteiger partial charge >= 0.3 is 6.18 Å². The van der Waals surface area contributed by atoms with E-state index in [1.54, 1.807) is 0 Å². The van der Waals surface area contributed by atoms with Crippen LogP contribution in [0.5, 0.6) is 0 Å². The van der Waals surface area contributed by atoms with Crippen LogP contribution in [0.1, 0.15) is 12.8 Å². The second kappa shape index (κ2) is 5.90. The zero-order valence-corrected chi connectivity index (χ0v) is 9.88. The predicted molar refractivity (Wildman–Crippen MR) is 61.9 cm³/mol. The van der Waals surface area contributed by atoms with Gasteiger partial charge in [0.15, 0.2) is 0 Å². The first-order valence-electron chi connectivity index (χ1n) is 5.04. The lowest BCUT2D eigenvalue weighted by atomic mass is 10.2. The Bertz CT molecular complexity index is 438. The summed E-state index contributed by atoms with van der Waals surface area (Å²) in [6.45, 7) is 0.00197. The number of nitrogens with zero attached hydrogens (tertiary/aromatic N) is 1. The Morgan fingerprint density at radius 3 is 2.61 bits per heavy atom. The molecule has 0 saturated carbocycles. The van der Waals surface area contributed by atoms with E-state index in [1.807, 2.05) is 0 Å². The van der Waals surface area contributed by atoms with E-state index in [2.05, 4.69) is 5.32 Å². The summed E-state index contributed by atoms with van der Waals surface area (Å²) in [6.07, 6.45) is -5.29. The van der Waals surface area contributed by atoms with Crippen LogP contribution in [-0.4, -0.2) is 17.6 Å². The molecule has 0 aliphatic rings. The van der Waals surface area contributed by atoms with Gasteiger partial charge in [0, 0.05) is 24.1 Å². The van der Waals surface area contributed by atoms with Crippen molar-refractivity contribution in [2.24, 2.45) is 0 Å². The highest BCUT2D eigenvalue weighted by Gasteiger charge is 2.26. The lowest BCUT2D eigenvalue weighted by Gasteiger charge is -2.08. The third-order valence-electron chi connectivity index (χ3n) is 2.11. The van der Waals surface area contributed by atoms with Crippen LogP contribution in [0.4, 0.5) is 24.5 Å². The average Bonchev–Trinajstić information content (AvgIpc) is 2.24. The smallest absolute Gasteiger partial charge is 0.379 e. The summed E-state index contributed by atoms with van der Waals surface area (Å²) in [6, 6.07) is 3.95. The first-order valence-corrected chi connectivity index (χ1v) is 5.42. The Balaban J connectivity index is 2.59. The number of nitrogens with one attached hydrogen (secondary N) is 1. The van der Waals surface area contributed by atoms with Crippen molar-refractivity contribution in [3.8, 4) is 0 Å². The van der Waals surface area contributed by atoms with E-state index in [-0.39, 0.29) is 29.4 Å². The summed E-state index contributed by atoms with van der Waals surface area (Å²) in [4.78, 5) is 10.1.